The second-order valence-corrected chi connectivity index (χ2v) is 7.15. The van der Waals surface area contributed by atoms with Gasteiger partial charge in [-0.25, -0.2) is 0 Å². The normalized spacial score (nSPS) is 21.2. The van der Waals surface area contributed by atoms with Gasteiger partial charge in [0.1, 0.15) is 0 Å². The third-order valence-electron chi connectivity index (χ3n) is 4.32. The summed E-state index contributed by atoms with van der Waals surface area (Å²) < 4.78 is 0. The molecule has 1 fully saturated rings. The maximum atomic E-state index is 6.03. The number of likely N-dealkylation sites (tertiary alicyclic amines) is 1. The number of hydrogen-bond donors (Lipinski definition) is 1. The highest BCUT2D eigenvalue weighted by molar-refractivity contribution is 4.82. The van der Waals surface area contributed by atoms with Crippen LogP contribution in [0.2, 0.25) is 0 Å². The molecule has 0 amide bonds. The standard InChI is InChI=1S/C16H34N2/c1-12(2)10-16(11-13(3)4)18-8-6-15(7-9-18)14(5)17/h12-16H,6-11,17H2,1-5H3. The van der Waals surface area contributed by atoms with Gasteiger partial charge in [0, 0.05) is 12.1 Å². The van der Waals surface area contributed by atoms with Crippen LogP contribution >= 0.6 is 0 Å². The highest BCUT2D eigenvalue weighted by Crippen LogP contribution is 2.26. The number of hydrogen-bond acceptors (Lipinski definition) is 2. The van der Waals surface area contributed by atoms with Crippen LogP contribution in [0.5, 0.6) is 0 Å². The molecule has 1 saturated heterocycles. The van der Waals surface area contributed by atoms with Crippen LogP contribution in [0.25, 0.3) is 0 Å². The molecule has 2 nitrogen and oxygen atoms in total. The number of nitrogens with two attached hydrogens (primary N) is 1. The first-order valence-electron chi connectivity index (χ1n) is 7.89. The van der Waals surface area contributed by atoms with E-state index in [9.17, 15) is 0 Å². The van der Waals surface area contributed by atoms with Crippen LogP contribution in [0.1, 0.15) is 60.3 Å². The molecule has 0 bridgehead atoms. The van der Waals surface area contributed by atoms with Gasteiger partial charge in [-0.1, -0.05) is 27.7 Å². The number of nitrogens with zero attached hydrogens (tertiary/aromatic N) is 1. The molecule has 0 saturated carbocycles. The van der Waals surface area contributed by atoms with Crippen LogP contribution in [0.3, 0.4) is 0 Å². The number of rotatable bonds is 6. The molecule has 2 heteroatoms. The lowest BCUT2D eigenvalue weighted by atomic mass is 9.87. The van der Waals surface area contributed by atoms with Crippen molar-refractivity contribution in [3.63, 3.8) is 0 Å². The molecular weight excluding hydrogens is 220 g/mol. The van der Waals surface area contributed by atoms with Gasteiger partial charge in [0.25, 0.3) is 0 Å². The Morgan fingerprint density at radius 2 is 1.39 bits per heavy atom. The summed E-state index contributed by atoms with van der Waals surface area (Å²) in [5, 5.41) is 0. The minimum Gasteiger partial charge on any atom is -0.328 e. The van der Waals surface area contributed by atoms with E-state index >= 15 is 0 Å². The molecule has 0 aliphatic carbocycles. The predicted octanol–water partition coefficient (Wildman–Crippen LogP) is 3.51. The van der Waals surface area contributed by atoms with E-state index in [2.05, 4.69) is 39.5 Å². The monoisotopic (exact) mass is 254 g/mol. The maximum Gasteiger partial charge on any atom is 0.0100 e. The van der Waals surface area contributed by atoms with E-state index in [1.807, 2.05) is 0 Å². The second-order valence-electron chi connectivity index (χ2n) is 7.15. The van der Waals surface area contributed by atoms with Crippen molar-refractivity contribution in [3.05, 3.63) is 0 Å². The van der Waals surface area contributed by atoms with Gasteiger partial charge in [-0.15, -0.1) is 0 Å². The average Bonchev–Trinajstić information content (AvgIpc) is 2.27. The van der Waals surface area contributed by atoms with Gasteiger partial charge in [-0.3, -0.25) is 0 Å². The lowest BCUT2D eigenvalue weighted by Gasteiger charge is -2.40. The third-order valence-corrected chi connectivity index (χ3v) is 4.32. The highest BCUT2D eigenvalue weighted by Gasteiger charge is 2.27. The molecule has 2 N–H and O–H groups in total. The Bertz CT molecular complexity index is 205. The Morgan fingerprint density at radius 3 is 1.72 bits per heavy atom. The van der Waals surface area contributed by atoms with Gasteiger partial charge in [0.2, 0.25) is 0 Å². The van der Waals surface area contributed by atoms with Gasteiger partial charge in [0.15, 0.2) is 0 Å². The molecule has 18 heavy (non-hydrogen) atoms. The molecule has 1 atom stereocenters. The molecule has 1 aliphatic rings. The summed E-state index contributed by atoms with van der Waals surface area (Å²) >= 11 is 0. The summed E-state index contributed by atoms with van der Waals surface area (Å²) in [6.07, 6.45) is 5.29. The molecule has 108 valence electrons. The first-order chi connectivity index (χ1) is 8.40. The van der Waals surface area contributed by atoms with Crippen molar-refractivity contribution >= 4 is 0 Å². The van der Waals surface area contributed by atoms with Gasteiger partial charge in [0.05, 0.1) is 0 Å². The lowest BCUT2D eigenvalue weighted by Crippen LogP contribution is -2.45. The molecule has 0 aromatic carbocycles. The Kier molecular flexibility index (Phi) is 6.65. The fraction of sp³-hybridized carbons (Fsp3) is 1.00. The van der Waals surface area contributed by atoms with E-state index in [1.54, 1.807) is 0 Å². The minimum absolute atomic E-state index is 0.376. The van der Waals surface area contributed by atoms with Gasteiger partial charge in [-0.05, 0) is 63.5 Å². The van der Waals surface area contributed by atoms with Crippen LogP contribution in [0.15, 0.2) is 0 Å². The quantitative estimate of drug-likeness (QED) is 0.786. The number of piperidine rings is 1. The van der Waals surface area contributed by atoms with Crippen molar-refractivity contribution in [3.8, 4) is 0 Å². The molecule has 0 aromatic heterocycles. The van der Waals surface area contributed by atoms with Crippen molar-refractivity contribution in [2.75, 3.05) is 13.1 Å². The van der Waals surface area contributed by atoms with E-state index in [1.165, 1.54) is 38.8 Å². The van der Waals surface area contributed by atoms with Crippen LogP contribution in [0, 0.1) is 17.8 Å². The first-order valence-corrected chi connectivity index (χ1v) is 7.89. The lowest BCUT2D eigenvalue weighted by molar-refractivity contribution is 0.0983. The summed E-state index contributed by atoms with van der Waals surface area (Å²) in [6.45, 7) is 14.1. The summed E-state index contributed by atoms with van der Waals surface area (Å²) in [5.74, 6) is 2.36. The van der Waals surface area contributed by atoms with E-state index in [4.69, 9.17) is 5.73 Å². The molecule has 0 radical (unpaired) electrons. The van der Waals surface area contributed by atoms with Crippen molar-refractivity contribution in [2.45, 2.75) is 72.4 Å². The van der Waals surface area contributed by atoms with Crippen molar-refractivity contribution < 1.29 is 0 Å². The second kappa shape index (κ2) is 7.49. The van der Waals surface area contributed by atoms with Crippen molar-refractivity contribution in [1.29, 1.82) is 0 Å². The molecule has 1 heterocycles. The van der Waals surface area contributed by atoms with Gasteiger partial charge < -0.3 is 10.6 Å². The van der Waals surface area contributed by atoms with Crippen LogP contribution in [-0.2, 0) is 0 Å². The molecule has 1 aliphatic heterocycles. The largest absolute Gasteiger partial charge is 0.328 e. The molecule has 1 unspecified atom stereocenters. The fourth-order valence-corrected chi connectivity index (χ4v) is 3.29. The van der Waals surface area contributed by atoms with E-state index in [0.29, 0.717) is 6.04 Å². The van der Waals surface area contributed by atoms with Crippen LogP contribution in [0.4, 0.5) is 0 Å². The Balaban J connectivity index is 2.49. The summed E-state index contributed by atoms with van der Waals surface area (Å²) in [5.41, 5.74) is 6.03. The zero-order valence-electron chi connectivity index (χ0n) is 13.2. The van der Waals surface area contributed by atoms with E-state index < -0.39 is 0 Å². The Hall–Kier alpha value is -0.0800. The van der Waals surface area contributed by atoms with E-state index in [-0.39, 0.29) is 0 Å². The first kappa shape index (κ1) is 16.0. The Morgan fingerprint density at radius 1 is 0.944 bits per heavy atom. The molecular formula is C16H34N2. The molecule has 1 rings (SSSR count). The summed E-state index contributed by atoms with van der Waals surface area (Å²) in [6, 6.07) is 1.17. The molecule has 0 aromatic rings. The smallest absolute Gasteiger partial charge is 0.0100 e. The predicted molar refractivity (Wildman–Crippen MR) is 80.6 cm³/mol. The zero-order chi connectivity index (χ0) is 13.7. The van der Waals surface area contributed by atoms with Gasteiger partial charge in [-0.2, -0.15) is 0 Å². The average molecular weight is 254 g/mol. The van der Waals surface area contributed by atoms with Crippen LogP contribution in [-0.4, -0.2) is 30.1 Å². The van der Waals surface area contributed by atoms with Gasteiger partial charge >= 0.3 is 0 Å². The van der Waals surface area contributed by atoms with Crippen molar-refractivity contribution in [1.82, 2.24) is 4.90 Å². The Labute approximate surface area is 114 Å². The summed E-state index contributed by atoms with van der Waals surface area (Å²) in [4.78, 5) is 2.74. The van der Waals surface area contributed by atoms with E-state index in [0.717, 1.165) is 23.8 Å². The topological polar surface area (TPSA) is 29.3 Å². The molecule has 0 spiro atoms. The third kappa shape index (κ3) is 5.27. The fourth-order valence-electron chi connectivity index (χ4n) is 3.29. The zero-order valence-corrected chi connectivity index (χ0v) is 13.2. The maximum absolute atomic E-state index is 6.03. The SMILES string of the molecule is CC(C)CC(CC(C)C)N1CCC(C(C)N)CC1. The van der Waals surface area contributed by atoms with Crippen LogP contribution < -0.4 is 5.73 Å². The van der Waals surface area contributed by atoms with Crippen molar-refractivity contribution in [2.24, 2.45) is 23.5 Å². The summed E-state index contributed by atoms with van der Waals surface area (Å²) in [7, 11) is 0. The minimum atomic E-state index is 0.376. The highest BCUT2D eigenvalue weighted by atomic mass is 15.2.